The van der Waals surface area contributed by atoms with E-state index in [0.717, 1.165) is 0 Å². The van der Waals surface area contributed by atoms with Gasteiger partial charge in [-0.25, -0.2) is 0 Å². The molecule has 17 heavy (non-hydrogen) atoms. The van der Waals surface area contributed by atoms with Crippen LogP contribution in [0.25, 0.3) is 0 Å². The highest BCUT2D eigenvalue weighted by Gasteiger charge is 2.39. The van der Waals surface area contributed by atoms with Crippen molar-refractivity contribution in [2.24, 2.45) is 5.92 Å². The van der Waals surface area contributed by atoms with Crippen LogP contribution in [0.2, 0.25) is 0 Å². The van der Waals surface area contributed by atoms with E-state index in [9.17, 15) is 4.79 Å². The van der Waals surface area contributed by atoms with E-state index in [1.807, 2.05) is 18.7 Å². The van der Waals surface area contributed by atoms with E-state index < -0.39 is 0 Å². The van der Waals surface area contributed by atoms with E-state index in [1.165, 1.54) is 25.7 Å². The van der Waals surface area contributed by atoms with Crippen molar-refractivity contribution in [2.45, 2.75) is 51.3 Å². The van der Waals surface area contributed by atoms with Crippen LogP contribution in [0.1, 0.15) is 39.5 Å². The molecule has 2 aliphatic rings. The lowest BCUT2D eigenvalue weighted by molar-refractivity contribution is -0.132. The number of rotatable bonds is 4. The van der Waals surface area contributed by atoms with Gasteiger partial charge in [-0.2, -0.15) is 0 Å². The molecule has 1 unspecified atom stereocenters. The second-order valence-corrected chi connectivity index (χ2v) is 5.86. The fourth-order valence-corrected chi connectivity index (χ4v) is 2.91. The summed E-state index contributed by atoms with van der Waals surface area (Å²) in [6.45, 7) is 5.23. The van der Waals surface area contributed by atoms with Crippen LogP contribution in [0.4, 0.5) is 0 Å². The second kappa shape index (κ2) is 4.94. The fraction of sp³-hybridized carbons (Fsp3) is 0.923. The number of hydrogen-bond acceptors (Lipinski definition) is 3. The third-order valence-electron chi connectivity index (χ3n) is 4.07. The molecule has 1 saturated heterocycles. The Morgan fingerprint density at radius 2 is 2.06 bits per heavy atom. The lowest BCUT2D eigenvalue weighted by atomic mass is 10.0. The van der Waals surface area contributed by atoms with Crippen LogP contribution < -0.4 is 5.32 Å². The molecule has 1 amide bonds. The van der Waals surface area contributed by atoms with Crippen LogP contribution in [0.3, 0.4) is 0 Å². The van der Waals surface area contributed by atoms with Gasteiger partial charge in [0.05, 0.1) is 24.9 Å². The number of carbonyl (C=O) groups excluding carboxylic acids is 1. The first kappa shape index (κ1) is 12.8. The molecule has 1 saturated carbocycles. The summed E-state index contributed by atoms with van der Waals surface area (Å²) in [6.07, 6.45) is 5.33. The molecule has 0 aromatic carbocycles. The Labute approximate surface area is 104 Å². The summed E-state index contributed by atoms with van der Waals surface area (Å²) in [5.74, 6) is 0.848. The van der Waals surface area contributed by atoms with E-state index in [1.54, 1.807) is 7.11 Å². The van der Waals surface area contributed by atoms with Crippen molar-refractivity contribution < 1.29 is 9.53 Å². The molecule has 2 rings (SSSR count). The van der Waals surface area contributed by atoms with Gasteiger partial charge in [-0.3, -0.25) is 10.1 Å². The maximum atomic E-state index is 11.9. The van der Waals surface area contributed by atoms with Crippen LogP contribution in [0, 0.1) is 5.92 Å². The molecular weight excluding hydrogens is 216 g/mol. The van der Waals surface area contributed by atoms with Crippen LogP contribution >= 0.6 is 0 Å². The third-order valence-corrected chi connectivity index (χ3v) is 4.07. The summed E-state index contributed by atoms with van der Waals surface area (Å²) in [4.78, 5) is 13.9. The van der Waals surface area contributed by atoms with Gasteiger partial charge in [-0.05, 0) is 32.6 Å². The summed E-state index contributed by atoms with van der Waals surface area (Å²) in [6, 6.07) is 0. The summed E-state index contributed by atoms with van der Waals surface area (Å²) < 4.78 is 5.44. The van der Waals surface area contributed by atoms with Gasteiger partial charge >= 0.3 is 0 Å². The molecule has 1 aliphatic carbocycles. The van der Waals surface area contributed by atoms with Gasteiger partial charge in [0.1, 0.15) is 0 Å². The van der Waals surface area contributed by atoms with Gasteiger partial charge in [0.15, 0.2) is 0 Å². The molecule has 2 fully saturated rings. The smallest absolute Gasteiger partial charge is 0.237 e. The number of hydrogen-bond donors (Lipinski definition) is 1. The Kier molecular flexibility index (Phi) is 3.73. The van der Waals surface area contributed by atoms with Crippen molar-refractivity contribution in [2.75, 3.05) is 20.2 Å². The molecule has 0 aromatic rings. The third kappa shape index (κ3) is 2.80. The summed E-state index contributed by atoms with van der Waals surface area (Å²) in [5, 5.41) is 3.37. The Bertz CT molecular complexity index is 285. The highest BCUT2D eigenvalue weighted by atomic mass is 16.5. The molecule has 0 aromatic heterocycles. The largest absolute Gasteiger partial charge is 0.377 e. The summed E-state index contributed by atoms with van der Waals surface area (Å²) >= 11 is 0. The zero-order chi connectivity index (χ0) is 12.5. The van der Waals surface area contributed by atoms with Gasteiger partial charge in [0.2, 0.25) is 5.91 Å². The minimum Gasteiger partial charge on any atom is -0.377 e. The molecule has 1 heterocycles. The van der Waals surface area contributed by atoms with Gasteiger partial charge in [0.25, 0.3) is 0 Å². The SMILES string of the molecule is COC(C)(C)CN1C(=O)CNC1C1CCCC1. The fourth-order valence-electron chi connectivity index (χ4n) is 2.91. The van der Waals surface area contributed by atoms with E-state index in [2.05, 4.69) is 5.32 Å². The Balaban J connectivity index is 2.03. The van der Waals surface area contributed by atoms with E-state index in [-0.39, 0.29) is 17.7 Å². The van der Waals surface area contributed by atoms with E-state index >= 15 is 0 Å². The van der Waals surface area contributed by atoms with Gasteiger partial charge in [0, 0.05) is 7.11 Å². The van der Waals surface area contributed by atoms with Crippen LogP contribution in [-0.4, -0.2) is 42.8 Å². The molecule has 98 valence electrons. The average molecular weight is 240 g/mol. The van der Waals surface area contributed by atoms with Crippen molar-refractivity contribution in [1.29, 1.82) is 0 Å². The molecule has 1 N–H and O–H groups in total. The molecule has 1 atom stereocenters. The van der Waals surface area contributed by atoms with Crippen molar-refractivity contribution in [3.8, 4) is 0 Å². The van der Waals surface area contributed by atoms with Crippen LogP contribution in [0.5, 0.6) is 0 Å². The first-order valence-electron chi connectivity index (χ1n) is 6.61. The van der Waals surface area contributed by atoms with E-state index in [0.29, 0.717) is 19.0 Å². The maximum Gasteiger partial charge on any atom is 0.237 e. The Morgan fingerprint density at radius 1 is 1.41 bits per heavy atom. The van der Waals surface area contributed by atoms with Crippen molar-refractivity contribution >= 4 is 5.91 Å². The predicted octanol–water partition coefficient (Wildman–Crippen LogP) is 1.36. The minimum atomic E-state index is -0.265. The predicted molar refractivity (Wildman–Crippen MR) is 66.5 cm³/mol. The van der Waals surface area contributed by atoms with Gasteiger partial charge in [-0.15, -0.1) is 0 Å². The molecule has 0 radical (unpaired) electrons. The maximum absolute atomic E-state index is 11.9. The van der Waals surface area contributed by atoms with Gasteiger partial charge < -0.3 is 9.64 Å². The van der Waals surface area contributed by atoms with Crippen molar-refractivity contribution in [3.05, 3.63) is 0 Å². The normalized spacial score (nSPS) is 27.1. The molecular formula is C13H24N2O2. The first-order chi connectivity index (χ1) is 8.03. The number of nitrogens with zero attached hydrogens (tertiary/aromatic N) is 1. The minimum absolute atomic E-state index is 0.215. The standard InChI is InChI=1S/C13H24N2O2/c1-13(2,17-3)9-15-11(16)8-14-12(15)10-6-4-5-7-10/h10,12,14H,4-9H2,1-3H3. The van der Waals surface area contributed by atoms with Crippen LogP contribution in [0.15, 0.2) is 0 Å². The molecule has 0 bridgehead atoms. The zero-order valence-electron chi connectivity index (χ0n) is 11.2. The van der Waals surface area contributed by atoms with Crippen LogP contribution in [-0.2, 0) is 9.53 Å². The lowest BCUT2D eigenvalue weighted by Gasteiger charge is -2.35. The quantitative estimate of drug-likeness (QED) is 0.806. The summed E-state index contributed by atoms with van der Waals surface area (Å²) in [7, 11) is 1.71. The second-order valence-electron chi connectivity index (χ2n) is 5.86. The van der Waals surface area contributed by atoms with E-state index in [4.69, 9.17) is 4.74 Å². The number of methoxy groups -OCH3 is 1. The Hall–Kier alpha value is -0.610. The molecule has 4 heteroatoms. The summed E-state index contributed by atoms with van der Waals surface area (Å²) in [5.41, 5.74) is -0.265. The van der Waals surface area contributed by atoms with Crippen molar-refractivity contribution in [1.82, 2.24) is 10.2 Å². The highest BCUT2D eigenvalue weighted by Crippen LogP contribution is 2.31. The Morgan fingerprint density at radius 3 is 2.65 bits per heavy atom. The highest BCUT2D eigenvalue weighted by molar-refractivity contribution is 5.80. The molecule has 4 nitrogen and oxygen atoms in total. The average Bonchev–Trinajstić information content (AvgIpc) is 2.90. The lowest BCUT2D eigenvalue weighted by Crippen LogP contribution is -2.49. The molecule has 0 spiro atoms. The number of amides is 1. The monoisotopic (exact) mass is 240 g/mol. The number of carbonyl (C=O) groups is 1. The number of ether oxygens (including phenoxy) is 1. The molecule has 1 aliphatic heterocycles. The van der Waals surface area contributed by atoms with Crippen molar-refractivity contribution in [3.63, 3.8) is 0 Å². The van der Waals surface area contributed by atoms with Gasteiger partial charge in [-0.1, -0.05) is 12.8 Å². The topological polar surface area (TPSA) is 41.6 Å². The zero-order valence-corrected chi connectivity index (χ0v) is 11.2. The first-order valence-corrected chi connectivity index (χ1v) is 6.61. The number of nitrogens with one attached hydrogen (secondary N) is 1.